The van der Waals surface area contributed by atoms with Crippen molar-refractivity contribution >= 4 is 17.8 Å². The van der Waals surface area contributed by atoms with Crippen molar-refractivity contribution in [2.45, 2.75) is 13.0 Å². The van der Waals surface area contributed by atoms with Gasteiger partial charge in [0.2, 0.25) is 11.8 Å². The van der Waals surface area contributed by atoms with Gasteiger partial charge in [-0.25, -0.2) is 4.79 Å². The number of carbonyl (C=O) groups is 3. The molecule has 0 bridgehead atoms. The topological polar surface area (TPSA) is 78.5 Å². The Morgan fingerprint density at radius 3 is 2.44 bits per heavy atom. The van der Waals surface area contributed by atoms with Crippen molar-refractivity contribution in [2.24, 2.45) is 17.8 Å². The Bertz CT molecular complexity index is 430. The molecule has 0 unspecified atom stereocenters. The van der Waals surface area contributed by atoms with Gasteiger partial charge in [0.15, 0.2) is 0 Å². The van der Waals surface area contributed by atoms with Gasteiger partial charge < -0.3 is 10.2 Å². The Kier molecular flexibility index (Phi) is 3.11. The summed E-state index contributed by atoms with van der Waals surface area (Å²) in [7, 11) is 3.25. The van der Waals surface area contributed by atoms with Gasteiger partial charge in [-0.15, -0.1) is 0 Å². The van der Waals surface area contributed by atoms with Gasteiger partial charge in [0.1, 0.15) is 0 Å². The molecule has 4 amide bonds. The standard InChI is InChI=1S/C12H17N3O3/c1-6-4-5-7(13-12(18)15(2)3)9-8(6)10(16)14-11(9)17/h4-9H,1-3H3,(H,13,18)(H,14,16,17)/t6-,7+,8-,9+/m0/s1. The number of rotatable bonds is 1. The van der Waals surface area contributed by atoms with E-state index in [9.17, 15) is 14.4 Å². The molecule has 6 heteroatoms. The highest BCUT2D eigenvalue weighted by Crippen LogP contribution is 2.34. The second kappa shape index (κ2) is 4.44. The first-order chi connectivity index (χ1) is 8.41. The number of nitrogens with zero attached hydrogens (tertiary/aromatic N) is 1. The summed E-state index contributed by atoms with van der Waals surface area (Å²) in [5.74, 6) is -1.42. The van der Waals surface area contributed by atoms with E-state index in [1.165, 1.54) is 4.90 Å². The van der Waals surface area contributed by atoms with E-state index in [0.29, 0.717) is 0 Å². The monoisotopic (exact) mass is 251 g/mol. The fourth-order valence-electron chi connectivity index (χ4n) is 2.51. The minimum absolute atomic E-state index is 0.00829. The lowest BCUT2D eigenvalue weighted by Gasteiger charge is -2.31. The van der Waals surface area contributed by atoms with Gasteiger partial charge in [0.25, 0.3) is 0 Å². The molecule has 0 aromatic heterocycles. The summed E-state index contributed by atoms with van der Waals surface area (Å²) in [6.45, 7) is 1.90. The number of hydrogen-bond acceptors (Lipinski definition) is 3. The van der Waals surface area contributed by atoms with E-state index < -0.39 is 12.0 Å². The van der Waals surface area contributed by atoms with Crippen LogP contribution in [0.25, 0.3) is 0 Å². The van der Waals surface area contributed by atoms with Crippen LogP contribution in [0.1, 0.15) is 6.92 Å². The molecule has 2 aliphatic rings. The van der Waals surface area contributed by atoms with Gasteiger partial charge in [-0.3, -0.25) is 14.9 Å². The van der Waals surface area contributed by atoms with Crippen LogP contribution in [0.3, 0.4) is 0 Å². The molecule has 1 aliphatic heterocycles. The van der Waals surface area contributed by atoms with Crippen molar-refractivity contribution in [3.8, 4) is 0 Å². The predicted molar refractivity (Wildman–Crippen MR) is 64.4 cm³/mol. The summed E-state index contributed by atoms with van der Waals surface area (Å²) in [6.07, 6.45) is 3.67. The van der Waals surface area contributed by atoms with Crippen molar-refractivity contribution in [3.05, 3.63) is 12.2 Å². The highest BCUT2D eigenvalue weighted by atomic mass is 16.2. The first-order valence-corrected chi connectivity index (χ1v) is 5.92. The summed E-state index contributed by atoms with van der Waals surface area (Å²) in [5, 5.41) is 5.09. The van der Waals surface area contributed by atoms with Gasteiger partial charge >= 0.3 is 6.03 Å². The van der Waals surface area contributed by atoms with E-state index in [4.69, 9.17) is 0 Å². The average Bonchev–Trinajstić information content (AvgIpc) is 2.59. The van der Waals surface area contributed by atoms with Crippen LogP contribution < -0.4 is 10.6 Å². The maximum absolute atomic E-state index is 11.8. The Balaban J connectivity index is 2.21. The third kappa shape index (κ3) is 1.98. The van der Waals surface area contributed by atoms with E-state index in [-0.39, 0.29) is 29.7 Å². The highest BCUT2D eigenvalue weighted by molar-refractivity contribution is 6.06. The van der Waals surface area contributed by atoms with Crippen molar-refractivity contribution < 1.29 is 14.4 Å². The average molecular weight is 251 g/mol. The normalized spacial score (nSPS) is 33.9. The number of hydrogen-bond donors (Lipinski definition) is 2. The van der Waals surface area contributed by atoms with Crippen molar-refractivity contribution in [1.29, 1.82) is 0 Å². The van der Waals surface area contributed by atoms with Crippen LogP contribution in [0.2, 0.25) is 0 Å². The first-order valence-electron chi connectivity index (χ1n) is 5.92. The largest absolute Gasteiger partial charge is 0.331 e. The van der Waals surface area contributed by atoms with Crippen molar-refractivity contribution in [2.75, 3.05) is 14.1 Å². The SMILES string of the molecule is C[C@H]1C=C[C@@H](NC(=O)N(C)C)[C@H]2C(=O)NC(=O)[C@H]21. The zero-order chi connectivity index (χ0) is 13.4. The van der Waals surface area contributed by atoms with Crippen LogP contribution >= 0.6 is 0 Å². The molecule has 1 fully saturated rings. The second-order valence-electron chi connectivity index (χ2n) is 5.02. The molecule has 0 radical (unpaired) electrons. The molecule has 6 nitrogen and oxygen atoms in total. The van der Waals surface area contributed by atoms with Gasteiger partial charge in [-0.1, -0.05) is 19.1 Å². The fraction of sp³-hybridized carbons (Fsp3) is 0.583. The minimum atomic E-state index is -0.499. The molecule has 0 spiro atoms. The zero-order valence-corrected chi connectivity index (χ0v) is 10.6. The Labute approximate surface area is 105 Å². The number of amides is 4. The van der Waals surface area contributed by atoms with Crippen molar-refractivity contribution in [1.82, 2.24) is 15.5 Å². The van der Waals surface area contributed by atoms with Crippen LogP contribution in [0, 0.1) is 17.8 Å². The Hall–Kier alpha value is -1.85. The lowest BCUT2D eigenvalue weighted by atomic mass is 9.75. The molecular formula is C12H17N3O3. The molecule has 1 heterocycles. The summed E-state index contributed by atoms with van der Waals surface area (Å²) >= 11 is 0. The summed E-state index contributed by atoms with van der Waals surface area (Å²) in [4.78, 5) is 36.5. The molecule has 18 heavy (non-hydrogen) atoms. The molecule has 1 aliphatic carbocycles. The number of imide groups is 1. The van der Waals surface area contributed by atoms with E-state index in [2.05, 4.69) is 10.6 Å². The van der Waals surface area contributed by atoms with Gasteiger partial charge in [0, 0.05) is 14.1 Å². The van der Waals surface area contributed by atoms with E-state index >= 15 is 0 Å². The van der Waals surface area contributed by atoms with Crippen molar-refractivity contribution in [3.63, 3.8) is 0 Å². The van der Waals surface area contributed by atoms with Gasteiger partial charge in [-0.05, 0) is 5.92 Å². The molecule has 1 saturated heterocycles. The Morgan fingerprint density at radius 1 is 1.22 bits per heavy atom. The van der Waals surface area contributed by atoms with E-state index in [1.54, 1.807) is 20.2 Å². The zero-order valence-electron chi connectivity index (χ0n) is 10.6. The lowest BCUT2D eigenvalue weighted by molar-refractivity contribution is -0.126. The third-order valence-electron chi connectivity index (χ3n) is 3.51. The maximum atomic E-state index is 11.8. The van der Waals surface area contributed by atoms with E-state index in [1.807, 2.05) is 13.0 Å². The lowest BCUT2D eigenvalue weighted by Crippen LogP contribution is -2.49. The minimum Gasteiger partial charge on any atom is -0.331 e. The van der Waals surface area contributed by atoms with Crippen LogP contribution in [0.15, 0.2) is 12.2 Å². The summed E-state index contributed by atoms with van der Waals surface area (Å²) < 4.78 is 0. The number of fused-ring (bicyclic) bond motifs is 1. The maximum Gasteiger partial charge on any atom is 0.317 e. The third-order valence-corrected chi connectivity index (χ3v) is 3.51. The molecule has 98 valence electrons. The molecule has 0 aromatic rings. The number of allylic oxidation sites excluding steroid dienone is 1. The molecule has 0 saturated carbocycles. The molecule has 0 aromatic carbocycles. The summed E-state index contributed by atoms with van der Waals surface area (Å²) in [5.41, 5.74) is 0. The van der Waals surface area contributed by atoms with Gasteiger partial charge in [0.05, 0.1) is 17.9 Å². The quantitative estimate of drug-likeness (QED) is 0.497. The van der Waals surface area contributed by atoms with Crippen LogP contribution in [-0.4, -0.2) is 42.9 Å². The van der Waals surface area contributed by atoms with E-state index in [0.717, 1.165) is 0 Å². The first kappa shape index (κ1) is 12.6. The molecule has 2 N–H and O–H groups in total. The molecule has 2 rings (SSSR count). The fourth-order valence-corrected chi connectivity index (χ4v) is 2.51. The van der Waals surface area contributed by atoms with Crippen LogP contribution in [0.5, 0.6) is 0 Å². The second-order valence-corrected chi connectivity index (χ2v) is 5.02. The number of nitrogens with one attached hydrogen (secondary N) is 2. The van der Waals surface area contributed by atoms with Crippen LogP contribution in [0.4, 0.5) is 4.79 Å². The Morgan fingerprint density at radius 2 is 1.83 bits per heavy atom. The number of urea groups is 1. The van der Waals surface area contributed by atoms with Gasteiger partial charge in [-0.2, -0.15) is 0 Å². The highest BCUT2D eigenvalue weighted by Gasteiger charge is 2.49. The molecule has 4 atom stereocenters. The summed E-state index contributed by atoms with van der Waals surface area (Å²) in [6, 6.07) is -0.697. The predicted octanol–water partition coefficient (Wildman–Crippen LogP) is -0.279. The smallest absolute Gasteiger partial charge is 0.317 e. The van der Waals surface area contributed by atoms with Crippen LogP contribution in [-0.2, 0) is 9.59 Å². The number of carbonyl (C=O) groups excluding carboxylic acids is 3. The molecular weight excluding hydrogens is 234 g/mol.